The fourth-order valence-electron chi connectivity index (χ4n) is 1.45. The average Bonchev–Trinajstić information content (AvgIpc) is 2.80. The van der Waals surface area contributed by atoms with E-state index in [-0.39, 0.29) is 6.03 Å². The van der Waals surface area contributed by atoms with Gasteiger partial charge in [0.25, 0.3) is 0 Å². The molecule has 2 heterocycles. The summed E-state index contributed by atoms with van der Waals surface area (Å²) in [4.78, 5) is 15.0. The number of carbonyl (C=O) groups is 1. The van der Waals surface area contributed by atoms with Crippen molar-refractivity contribution in [2.45, 2.75) is 6.54 Å². The predicted molar refractivity (Wildman–Crippen MR) is 56.2 cm³/mol. The number of amides is 2. The van der Waals surface area contributed by atoms with Crippen molar-refractivity contribution in [3.05, 3.63) is 5.69 Å². The summed E-state index contributed by atoms with van der Waals surface area (Å²) in [5.74, 6) is 5.30. The van der Waals surface area contributed by atoms with Gasteiger partial charge in [-0.15, -0.1) is 5.10 Å². The lowest BCUT2D eigenvalue weighted by molar-refractivity contribution is 0.196. The second-order valence-corrected chi connectivity index (χ2v) is 4.07. The van der Waals surface area contributed by atoms with Crippen LogP contribution in [0.5, 0.6) is 0 Å². The first-order valence-electron chi connectivity index (χ1n) is 4.50. The van der Waals surface area contributed by atoms with Crippen molar-refractivity contribution in [2.24, 2.45) is 5.84 Å². The molecule has 7 nitrogen and oxygen atoms in total. The van der Waals surface area contributed by atoms with Crippen molar-refractivity contribution in [1.29, 1.82) is 0 Å². The molecule has 2 amide bonds. The summed E-state index contributed by atoms with van der Waals surface area (Å²) in [6.07, 6.45) is 0. The third kappa shape index (κ3) is 1.85. The first-order chi connectivity index (χ1) is 7.22. The van der Waals surface area contributed by atoms with Gasteiger partial charge in [0, 0.05) is 31.7 Å². The highest BCUT2D eigenvalue weighted by Gasteiger charge is 2.26. The minimum Gasteiger partial charge on any atom is -0.326 e. The van der Waals surface area contributed by atoms with Gasteiger partial charge >= 0.3 is 6.03 Å². The first-order valence-corrected chi connectivity index (χ1v) is 5.27. The van der Waals surface area contributed by atoms with Gasteiger partial charge in [-0.3, -0.25) is 0 Å². The summed E-state index contributed by atoms with van der Waals surface area (Å²) in [7, 11) is 1.78. The number of anilines is 1. The van der Waals surface area contributed by atoms with Gasteiger partial charge in [-0.2, -0.15) is 0 Å². The quantitative estimate of drug-likeness (QED) is 0.547. The standard InChI is InChI=1S/C7H12N6OS/c1-12-2-3-13(7(12)14)4-5-6(9-8)15-11-10-5/h9H,2-4,8H2,1H3. The molecule has 0 radical (unpaired) electrons. The molecule has 82 valence electrons. The molecule has 15 heavy (non-hydrogen) atoms. The maximum Gasteiger partial charge on any atom is 0.320 e. The molecule has 0 aromatic carbocycles. The van der Waals surface area contributed by atoms with E-state index in [0.29, 0.717) is 17.2 Å². The molecule has 0 bridgehead atoms. The molecule has 0 spiro atoms. The molecule has 1 aromatic heterocycles. The fraction of sp³-hybridized carbons (Fsp3) is 0.571. The lowest BCUT2D eigenvalue weighted by Crippen LogP contribution is -2.29. The highest BCUT2D eigenvalue weighted by molar-refractivity contribution is 7.10. The number of hydrogen-bond donors (Lipinski definition) is 2. The summed E-state index contributed by atoms with van der Waals surface area (Å²) in [6, 6.07) is 0.0194. The van der Waals surface area contributed by atoms with E-state index in [1.165, 1.54) is 11.5 Å². The van der Waals surface area contributed by atoms with Crippen LogP contribution in [0, 0.1) is 0 Å². The maximum atomic E-state index is 11.6. The van der Waals surface area contributed by atoms with Gasteiger partial charge in [0.15, 0.2) is 0 Å². The van der Waals surface area contributed by atoms with Crippen molar-refractivity contribution in [3.8, 4) is 0 Å². The second-order valence-electron chi connectivity index (χ2n) is 3.32. The Balaban J connectivity index is 2.06. The van der Waals surface area contributed by atoms with E-state index in [9.17, 15) is 4.79 Å². The van der Waals surface area contributed by atoms with Gasteiger partial charge in [-0.25, -0.2) is 10.6 Å². The third-order valence-electron chi connectivity index (χ3n) is 2.33. The highest BCUT2D eigenvalue weighted by atomic mass is 32.1. The number of likely N-dealkylation sites (N-methyl/N-ethyl adjacent to an activating group) is 1. The van der Waals surface area contributed by atoms with Crippen molar-refractivity contribution >= 4 is 22.6 Å². The predicted octanol–water partition coefficient (Wildman–Crippen LogP) is -0.309. The van der Waals surface area contributed by atoms with Crippen LogP contribution in [0.4, 0.5) is 9.80 Å². The van der Waals surface area contributed by atoms with Crippen LogP contribution in [0.3, 0.4) is 0 Å². The Morgan fingerprint density at radius 3 is 3.00 bits per heavy atom. The van der Waals surface area contributed by atoms with E-state index in [2.05, 4.69) is 15.0 Å². The molecule has 8 heteroatoms. The maximum absolute atomic E-state index is 11.6. The van der Waals surface area contributed by atoms with Crippen LogP contribution in [-0.4, -0.2) is 45.6 Å². The van der Waals surface area contributed by atoms with Gasteiger partial charge in [0.05, 0.1) is 6.54 Å². The molecule has 0 aliphatic carbocycles. The minimum atomic E-state index is 0.0194. The van der Waals surface area contributed by atoms with Crippen LogP contribution >= 0.6 is 11.5 Å². The number of urea groups is 1. The van der Waals surface area contributed by atoms with Gasteiger partial charge in [0.1, 0.15) is 10.7 Å². The molecule has 1 saturated heterocycles. The van der Waals surface area contributed by atoms with Crippen molar-refractivity contribution < 1.29 is 4.79 Å². The first kappa shape index (κ1) is 10.1. The summed E-state index contributed by atoms with van der Waals surface area (Å²) in [5.41, 5.74) is 3.23. The number of nitrogens with zero attached hydrogens (tertiary/aromatic N) is 4. The molecule has 1 aliphatic heterocycles. The van der Waals surface area contributed by atoms with Crippen molar-refractivity contribution in [1.82, 2.24) is 19.4 Å². The number of hydrogen-bond acceptors (Lipinski definition) is 6. The Hall–Kier alpha value is -1.41. The average molecular weight is 228 g/mol. The smallest absolute Gasteiger partial charge is 0.320 e. The molecular formula is C7H12N6OS. The van der Waals surface area contributed by atoms with E-state index >= 15 is 0 Å². The largest absolute Gasteiger partial charge is 0.326 e. The molecule has 0 unspecified atom stereocenters. The molecule has 3 N–H and O–H groups in total. The van der Waals surface area contributed by atoms with E-state index in [1.54, 1.807) is 16.8 Å². The number of nitrogen functional groups attached to an aromatic ring is 1. The van der Waals surface area contributed by atoms with Crippen LogP contribution in [0.15, 0.2) is 0 Å². The van der Waals surface area contributed by atoms with Crippen molar-refractivity contribution in [2.75, 3.05) is 25.6 Å². The number of rotatable bonds is 3. The normalized spacial score (nSPS) is 16.3. The summed E-state index contributed by atoms with van der Waals surface area (Å²) >= 11 is 1.19. The van der Waals surface area contributed by atoms with E-state index in [4.69, 9.17) is 5.84 Å². The lowest BCUT2D eigenvalue weighted by Gasteiger charge is -2.14. The number of nitrogens with two attached hydrogens (primary N) is 1. The van der Waals surface area contributed by atoms with Crippen LogP contribution < -0.4 is 11.3 Å². The Morgan fingerprint density at radius 1 is 1.60 bits per heavy atom. The minimum absolute atomic E-state index is 0.0194. The van der Waals surface area contributed by atoms with Gasteiger partial charge in [0.2, 0.25) is 0 Å². The van der Waals surface area contributed by atoms with Crippen LogP contribution in [0.2, 0.25) is 0 Å². The molecule has 1 aliphatic rings. The second kappa shape index (κ2) is 3.99. The molecule has 1 fully saturated rings. The zero-order valence-electron chi connectivity index (χ0n) is 8.30. The highest BCUT2D eigenvalue weighted by Crippen LogP contribution is 2.19. The summed E-state index contributed by atoms with van der Waals surface area (Å²) in [6.45, 7) is 1.93. The number of carbonyl (C=O) groups excluding carboxylic acids is 1. The summed E-state index contributed by atoms with van der Waals surface area (Å²) < 4.78 is 3.78. The molecule has 0 atom stereocenters. The molecule has 1 aromatic rings. The lowest BCUT2D eigenvalue weighted by atomic mass is 10.4. The van der Waals surface area contributed by atoms with Crippen LogP contribution in [0.1, 0.15) is 5.69 Å². The number of nitrogens with one attached hydrogen (secondary N) is 1. The monoisotopic (exact) mass is 228 g/mol. The number of hydrazine groups is 1. The zero-order chi connectivity index (χ0) is 10.8. The Labute approximate surface area is 91.0 Å². The summed E-state index contributed by atoms with van der Waals surface area (Å²) in [5, 5.41) is 4.63. The Bertz CT molecular complexity index is 366. The molecular weight excluding hydrogens is 216 g/mol. The third-order valence-corrected chi connectivity index (χ3v) is 3.03. The van der Waals surface area contributed by atoms with Gasteiger partial charge in [-0.05, 0) is 0 Å². The molecule has 2 rings (SSSR count). The molecule has 0 saturated carbocycles. The topological polar surface area (TPSA) is 87.4 Å². The SMILES string of the molecule is CN1CCN(Cc2nnsc2NN)C1=O. The zero-order valence-corrected chi connectivity index (χ0v) is 9.12. The Morgan fingerprint density at radius 2 is 2.40 bits per heavy atom. The van der Waals surface area contributed by atoms with Crippen LogP contribution in [-0.2, 0) is 6.54 Å². The van der Waals surface area contributed by atoms with Gasteiger partial charge < -0.3 is 15.2 Å². The van der Waals surface area contributed by atoms with E-state index in [0.717, 1.165) is 13.1 Å². The van der Waals surface area contributed by atoms with Gasteiger partial charge in [-0.1, -0.05) is 4.49 Å². The van der Waals surface area contributed by atoms with E-state index < -0.39 is 0 Å². The Kier molecular flexibility index (Phi) is 2.69. The fourth-order valence-corrected chi connectivity index (χ4v) is 1.94. The van der Waals surface area contributed by atoms with Crippen molar-refractivity contribution in [3.63, 3.8) is 0 Å². The van der Waals surface area contributed by atoms with Crippen LogP contribution in [0.25, 0.3) is 0 Å². The van der Waals surface area contributed by atoms with E-state index in [1.807, 2.05) is 0 Å². The number of aromatic nitrogens is 2.